The molecule has 2 unspecified atom stereocenters. The predicted octanol–water partition coefficient (Wildman–Crippen LogP) is 2.02. The molecule has 292 valence electrons. The molecule has 0 radical (unpaired) electrons. The Morgan fingerprint density at radius 2 is 1.70 bits per heavy atom. The number of Topliss-reactive ketones (excluding diaryl/α,β-unsaturated/α-hetero) is 1. The number of benzene rings is 1. The van der Waals surface area contributed by atoms with Crippen molar-refractivity contribution >= 4 is 41.4 Å². The smallest absolute Gasteiger partial charge is 0.407 e. The van der Waals surface area contributed by atoms with Crippen LogP contribution >= 0.6 is 0 Å². The number of cyclic esters (lactones) is 1. The lowest BCUT2D eigenvalue weighted by molar-refractivity contribution is -0.144. The fraction of sp³-hybridized carbons (Fsp3) is 0.605. The first-order valence-corrected chi connectivity index (χ1v) is 18.2. The maximum Gasteiger partial charge on any atom is 0.407 e. The molecule has 2 aliphatic rings. The lowest BCUT2D eigenvalue weighted by Crippen LogP contribution is -2.59. The molecule has 2 fully saturated rings. The maximum atomic E-state index is 14.2. The Kier molecular flexibility index (Phi) is 16.0. The number of alkyl carbamates (subject to hydrolysis) is 1. The third-order valence-electron chi connectivity index (χ3n) is 9.26. The second kappa shape index (κ2) is 19.9. The first kappa shape index (κ1) is 42.6. The van der Waals surface area contributed by atoms with Crippen LogP contribution in [0.4, 0.5) is 4.79 Å². The number of ether oxygens (including phenoxy) is 2. The summed E-state index contributed by atoms with van der Waals surface area (Å²) >= 11 is 0. The SMILES string of the molecule is C=C1CCCOCCCOC(=O)N[C@@H](C(C)(C)C)C(=O)N2C[C@H]1CC2C(=O)NC(CCC)C(=O)C(=O)NCC(=O)N[C@H](C(=O)N(C)C)c1ccccc1. The summed E-state index contributed by atoms with van der Waals surface area (Å²) in [4.78, 5) is 95.8. The van der Waals surface area contributed by atoms with E-state index in [9.17, 15) is 33.6 Å². The molecule has 6 amide bonds. The zero-order valence-corrected chi connectivity index (χ0v) is 31.8. The number of nitrogens with zero attached hydrogens (tertiary/aromatic N) is 2. The van der Waals surface area contributed by atoms with Gasteiger partial charge in [-0.1, -0.05) is 76.6 Å². The van der Waals surface area contributed by atoms with E-state index >= 15 is 0 Å². The number of fused-ring (bicyclic) bond motifs is 2. The molecule has 2 aliphatic heterocycles. The summed E-state index contributed by atoms with van der Waals surface area (Å²) in [6, 6.07) is 4.29. The van der Waals surface area contributed by atoms with E-state index in [-0.39, 0.29) is 37.8 Å². The standard InChI is InChI=1S/C38H56N6O9/c1-8-14-27(31(46)34(48)39-22-29(45)41-30(35(49)43(6)7)25-16-10-9-11-17-25)40-33(47)28-21-26-23-44(28)36(50)32(38(3,4)5)42-37(51)53-20-13-19-52-18-12-15-24(26)2/h9-11,16-17,26-28,30,32H,2,8,12-15,18-23H2,1,3-7H3,(H,39,48)(H,40,47)(H,41,45)(H,42,51)/t26-,27?,28?,30+,32-/m1/s1. The van der Waals surface area contributed by atoms with Gasteiger partial charge in [0.1, 0.15) is 18.1 Å². The molecule has 1 aromatic rings. The molecule has 53 heavy (non-hydrogen) atoms. The largest absolute Gasteiger partial charge is 0.449 e. The molecule has 2 saturated heterocycles. The summed E-state index contributed by atoms with van der Waals surface area (Å²) < 4.78 is 11.0. The van der Waals surface area contributed by atoms with Crippen LogP contribution in [0.15, 0.2) is 42.5 Å². The van der Waals surface area contributed by atoms with E-state index in [4.69, 9.17) is 9.47 Å². The van der Waals surface area contributed by atoms with Gasteiger partial charge in [0.25, 0.3) is 5.91 Å². The zero-order chi connectivity index (χ0) is 39.3. The van der Waals surface area contributed by atoms with Crippen molar-refractivity contribution in [3.63, 3.8) is 0 Å². The van der Waals surface area contributed by atoms with Gasteiger partial charge in [-0.05, 0) is 42.6 Å². The highest BCUT2D eigenvalue weighted by Crippen LogP contribution is 2.33. The quantitative estimate of drug-likeness (QED) is 0.194. The summed E-state index contributed by atoms with van der Waals surface area (Å²) in [5, 5.41) is 10.3. The van der Waals surface area contributed by atoms with Crippen molar-refractivity contribution in [2.75, 3.05) is 47.0 Å². The van der Waals surface area contributed by atoms with Gasteiger partial charge in [0.15, 0.2) is 0 Å². The molecule has 2 heterocycles. The van der Waals surface area contributed by atoms with Crippen molar-refractivity contribution in [3.05, 3.63) is 48.0 Å². The number of carbonyl (C=O) groups excluding carboxylic acids is 7. The number of rotatable bonds is 11. The fourth-order valence-corrected chi connectivity index (χ4v) is 6.27. The van der Waals surface area contributed by atoms with Gasteiger partial charge in [0, 0.05) is 40.3 Å². The van der Waals surface area contributed by atoms with Crippen LogP contribution in [0.2, 0.25) is 0 Å². The van der Waals surface area contributed by atoms with E-state index < -0.39 is 71.6 Å². The topological polar surface area (TPSA) is 193 Å². The van der Waals surface area contributed by atoms with Gasteiger partial charge < -0.3 is 40.5 Å². The molecular weight excluding hydrogens is 684 g/mol. The van der Waals surface area contributed by atoms with E-state index in [1.165, 1.54) is 9.80 Å². The van der Waals surface area contributed by atoms with Gasteiger partial charge in [-0.3, -0.25) is 28.8 Å². The van der Waals surface area contributed by atoms with Crippen molar-refractivity contribution < 1.29 is 43.0 Å². The molecule has 3 rings (SSSR count). The van der Waals surface area contributed by atoms with Gasteiger partial charge in [-0.2, -0.15) is 0 Å². The number of nitrogens with one attached hydrogen (secondary N) is 4. The average molecular weight is 741 g/mol. The monoisotopic (exact) mass is 740 g/mol. The Balaban J connectivity index is 1.76. The summed E-state index contributed by atoms with van der Waals surface area (Å²) in [5.74, 6) is -4.48. The van der Waals surface area contributed by atoms with Crippen LogP contribution in [0.3, 0.4) is 0 Å². The normalized spacial score (nSPS) is 21.4. The van der Waals surface area contributed by atoms with E-state index in [2.05, 4.69) is 27.8 Å². The molecule has 2 bridgehead atoms. The highest BCUT2D eigenvalue weighted by molar-refractivity contribution is 6.38. The summed E-state index contributed by atoms with van der Waals surface area (Å²) in [6.45, 7) is 12.0. The summed E-state index contributed by atoms with van der Waals surface area (Å²) in [5.41, 5.74) is 0.641. The number of hydrogen-bond donors (Lipinski definition) is 4. The maximum absolute atomic E-state index is 14.2. The van der Waals surface area contributed by atoms with Crippen LogP contribution in [-0.4, -0.2) is 116 Å². The minimum absolute atomic E-state index is 0.107. The van der Waals surface area contributed by atoms with Gasteiger partial charge in [0.05, 0.1) is 19.2 Å². The Morgan fingerprint density at radius 3 is 2.34 bits per heavy atom. The van der Waals surface area contributed by atoms with Crippen molar-refractivity contribution in [3.8, 4) is 0 Å². The van der Waals surface area contributed by atoms with Crippen molar-refractivity contribution in [1.29, 1.82) is 0 Å². The lowest BCUT2D eigenvalue weighted by atomic mass is 9.85. The molecule has 4 N–H and O–H groups in total. The van der Waals surface area contributed by atoms with Crippen LogP contribution < -0.4 is 21.3 Å². The Hall–Kier alpha value is -4.79. The van der Waals surface area contributed by atoms with Crippen molar-refractivity contribution in [2.45, 2.75) is 90.4 Å². The third kappa shape index (κ3) is 12.4. The molecular formula is C38H56N6O9. The fourth-order valence-electron chi connectivity index (χ4n) is 6.27. The zero-order valence-electron chi connectivity index (χ0n) is 31.8. The minimum atomic E-state index is -1.24. The molecule has 5 atom stereocenters. The predicted molar refractivity (Wildman–Crippen MR) is 196 cm³/mol. The summed E-state index contributed by atoms with van der Waals surface area (Å²) in [7, 11) is 3.11. The van der Waals surface area contributed by atoms with E-state index in [0.29, 0.717) is 44.5 Å². The molecule has 0 aliphatic carbocycles. The molecule has 1 aromatic carbocycles. The number of carbonyl (C=O) groups is 7. The number of amides is 6. The van der Waals surface area contributed by atoms with E-state index in [0.717, 1.165) is 5.57 Å². The lowest BCUT2D eigenvalue weighted by Gasteiger charge is -2.35. The molecule has 15 heteroatoms. The first-order chi connectivity index (χ1) is 25.0. The number of hydrogen-bond acceptors (Lipinski definition) is 9. The second-order valence-electron chi connectivity index (χ2n) is 14.8. The number of likely N-dealkylation sites (N-methyl/N-ethyl adjacent to an activating group) is 1. The number of ketones is 1. The van der Waals surface area contributed by atoms with E-state index in [1.54, 1.807) is 72.1 Å². The average Bonchev–Trinajstić information content (AvgIpc) is 3.57. The van der Waals surface area contributed by atoms with Crippen LogP contribution in [0, 0.1) is 11.3 Å². The Morgan fingerprint density at radius 1 is 1.02 bits per heavy atom. The Bertz CT molecular complexity index is 1490. The van der Waals surface area contributed by atoms with Crippen molar-refractivity contribution in [1.82, 2.24) is 31.1 Å². The van der Waals surface area contributed by atoms with Crippen LogP contribution in [0.5, 0.6) is 0 Å². The highest BCUT2D eigenvalue weighted by Gasteiger charge is 2.46. The molecule has 0 aromatic heterocycles. The molecule has 15 nitrogen and oxygen atoms in total. The Labute approximate surface area is 311 Å². The first-order valence-electron chi connectivity index (χ1n) is 18.2. The summed E-state index contributed by atoms with van der Waals surface area (Å²) in [6.07, 6.45) is 1.82. The van der Waals surface area contributed by atoms with Gasteiger partial charge in [-0.15, -0.1) is 0 Å². The highest BCUT2D eigenvalue weighted by atomic mass is 16.5. The van der Waals surface area contributed by atoms with Gasteiger partial charge in [0.2, 0.25) is 29.4 Å². The van der Waals surface area contributed by atoms with Crippen LogP contribution in [-0.2, 0) is 38.2 Å². The third-order valence-corrected chi connectivity index (χ3v) is 9.26. The van der Waals surface area contributed by atoms with Crippen LogP contribution in [0.1, 0.15) is 77.8 Å². The molecule has 0 spiro atoms. The van der Waals surface area contributed by atoms with E-state index in [1.807, 2.05) is 0 Å². The van der Waals surface area contributed by atoms with Gasteiger partial charge >= 0.3 is 6.09 Å². The second-order valence-corrected chi connectivity index (χ2v) is 14.8. The minimum Gasteiger partial charge on any atom is -0.449 e. The molecule has 0 saturated carbocycles. The van der Waals surface area contributed by atoms with Gasteiger partial charge in [-0.25, -0.2) is 4.79 Å². The van der Waals surface area contributed by atoms with Crippen molar-refractivity contribution in [2.24, 2.45) is 11.3 Å². The van der Waals surface area contributed by atoms with Crippen LogP contribution in [0.25, 0.3) is 0 Å².